The van der Waals surface area contributed by atoms with E-state index < -0.39 is 0 Å². The zero-order valence-corrected chi connectivity index (χ0v) is 24.4. The molecule has 0 aliphatic heterocycles. The van der Waals surface area contributed by atoms with Crippen molar-refractivity contribution in [2.75, 3.05) is 0 Å². The molecule has 6 aromatic carbocycles. The largest absolute Gasteiger partial charge is 0.355 e. The fourth-order valence-corrected chi connectivity index (χ4v) is 5.40. The zero-order chi connectivity index (χ0) is 26.0. The normalized spacial score (nSPS) is 10.8. The third kappa shape index (κ3) is 5.03. The molecule has 4 heteroatoms. The van der Waals surface area contributed by atoms with Crippen molar-refractivity contribution in [2.24, 2.45) is 0 Å². The summed E-state index contributed by atoms with van der Waals surface area (Å²) in [5, 5.41) is 7.82. The predicted molar refractivity (Wildman–Crippen MR) is 167 cm³/mol. The first-order chi connectivity index (χ1) is 19.3. The monoisotopic (exact) mass is 653 g/mol. The van der Waals surface area contributed by atoms with Gasteiger partial charge < -0.3 is 15.0 Å². The van der Waals surface area contributed by atoms with E-state index in [-0.39, 0.29) is 40.4 Å². The molecule has 0 saturated heterocycles. The van der Waals surface area contributed by atoms with Gasteiger partial charge in [-0.1, -0.05) is 109 Å². The van der Waals surface area contributed by atoms with E-state index in [2.05, 4.69) is 161 Å². The van der Waals surface area contributed by atoms with E-state index in [4.69, 9.17) is 0 Å². The third-order valence-electron chi connectivity index (χ3n) is 7.24. The van der Waals surface area contributed by atoms with Crippen molar-refractivity contribution in [3.05, 3.63) is 146 Å². The average molecular weight is 652 g/mol. The summed E-state index contributed by atoms with van der Waals surface area (Å²) in [5.41, 5.74) is 7.27. The number of hydrogen-bond donors (Lipinski definition) is 3. The number of hydrogen-bond acceptors (Lipinski definition) is 0. The quantitative estimate of drug-likeness (QED) is 0.146. The zero-order valence-electron chi connectivity index (χ0n) is 21.8. The van der Waals surface area contributed by atoms with Crippen molar-refractivity contribution in [1.29, 1.82) is 0 Å². The van der Waals surface area contributed by atoms with E-state index in [9.17, 15) is 0 Å². The van der Waals surface area contributed by atoms with E-state index in [1.54, 1.807) is 0 Å². The van der Waals surface area contributed by atoms with Gasteiger partial charge in [0.2, 0.25) is 0 Å². The Morgan fingerprint density at radius 1 is 0.225 bits per heavy atom. The van der Waals surface area contributed by atoms with Gasteiger partial charge in [0.15, 0.2) is 0 Å². The number of H-pyrrole nitrogens is 3. The van der Waals surface area contributed by atoms with E-state index in [0.717, 1.165) is 0 Å². The minimum absolute atomic E-state index is 0. The van der Waals surface area contributed by atoms with Crippen molar-refractivity contribution in [3.63, 3.8) is 0 Å². The summed E-state index contributed by atoms with van der Waals surface area (Å²) in [4.78, 5) is 10.1. The first-order valence-electron chi connectivity index (χ1n) is 13.2. The van der Waals surface area contributed by atoms with E-state index in [1.807, 2.05) is 0 Å². The fraction of sp³-hybridized carbons (Fsp3) is 0. The Morgan fingerprint density at radius 3 is 0.550 bits per heavy atom. The molecule has 3 N–H and O–H groups in total. The van der Waals surface area contributed by atoms with Crippen LogP contribution in [0.25, 0.3) is 65.4 Å². The fourth-order valence-electron chi connectivity index (χ4n) is 5.40. The molecule has 0 unspecified atom stereocenters. The Bertz CT molecular complexity index is 1800. The second-order valence-corrected chi connectivity index (χ2v) is 9.65. The molecular weight excluding hydrogens is 625 g/mol. The van der Waals surface area contributed by atoms with Gasteiger partial charge in [-0.25, -0.2) is 0 Å². The molecule has 192 valence electrons. The van der Waals surface area contributed by atoms with Crippen molar-refractivity contribution in [2.45, 2.75) is 0 Å². The van der Waals surface area contributed by atoms with Gasteiger partial charge in [0, 0.05) is 106 Å². The molecule has 3 nitrogen and oxygen atoms in total. The number of benzene rings is 6. The second-order valence-electron chi connectivity index (χ2n) is 9.65. The number of nitrogens with one attached hydrogen (secondary N) is 3. The van der Waals surface area contributed by atoms with Crippen LogP contribution in [0.3, 0.4) is 0 Å². The van der Waals surface area contributed by atoms with Crippen LogP contribution >= 0.6 is 0 Å². The summed E-state index contributed by atoms with van der Waals surface area (Å²) < 4.78 is 0. The summed E-state index contributed by atoms with van der Waals surface area (Å²) in [7, 11) is 0. The SMILES string of the molecule is [Sm].c1ccc2c(c1)[nH]c1ccccc12.c1ccc2c(c1)[nH]c1ccccc12.c1ccc2c(c1)[nH]c1ccccc12. The minimum atomic E-state index is 0. The molecule has 3 aromatic heterocycles. The van der Waals surface area contributed by atoms with E-state index in [1.165, 1.54) is 65.4 Å². The van der Waals surface area contributed by atoms with Crippen molar-refractivity contribution in [3.8, 4) is 0 Å². The summed E-state index contributed by atoms with van der Waals surface area (Å²) in [5.74, 6) is 0. The van der Waals surface area contributed by atoms with Crippen molar-refractivity contribution in [1.82, 2.24) is 15.0 Å². The maximum Gasteiger partial charge on any atom is 0.0464 e. The van der Waals surface area contributed by atoms with Gasteiger partial charge in [-0.05, 0) is 36.4 Å². The van der Waals surface area contributed by atoms with Crippen molar-refractivity contribution < 1.29 is 40.4 Å². The smallest absolute Gasteiger partial charge is 0.0464 e. The van der Waals surface area contributed by atoms with Crippen LogP contribution in [0.1, 0.15) is 0 Å². The van der Waals surface area contributed by atoms with Gasteiger partial charge in [0.1, 0.15) is 0 Å². The van der Waals surface area contributed by atoms with Gasteiger partial charge in [0.25, 0.3) is 0 Å². The second kappa shape index (κ2) is 11.7. The Labute approximate surface area is 264 Å². The standard InChI is InChI=1S/3C12H9N.Sm/c3*1-3-7-11-9(5-1)10-6-2-4-8-12(10)13-11;/h3*1-8,13H;. The van der Waals surface area contributed by atoms with Gasteiger partial charge in [0.05, 0.1) is 0 Å². The molecule has 0 atom stereocenters. The van der Waals surface area contributed by atoms with E-state index in [0.29, 0.717) is 0 Å². The van der Waals surface area contributed by atoms with Gasteiger partial charge in [-0.2, -0.15) is 0 Å². The third-order valence-corrected chi connectivity index (χ3v) is 7.24. The molecule has 0 spiro atoms. The summed E-state index contributed by atoms with van der Waals surface area (Å²) in [6.07, 6.45) is 0. The summed E-state index contributed by atoms with van der Waals surface area (Å²) in [6, 6.07) is 50.3. The molecule has 40 heavy (non-hydrogen) atoms. The molecule has 9 rings (SSSR count). The molecule has 0 radical (unpaired) electrons. The molecule has 3 heterocycles. The van der Waals surface area contributed by atoms with Crippen molar-refractivity contribution >= 4 is 65.4 Å². The maximum absolute atomic E-state index is 3.38. The Balaban J connectivity index is 0.000000107. The molecule has 0 amide bonds. The van der Waals surface area contributed by atoms with Gasteiger partial charge in [-0.15, -0.1) is 0 Å². The number of aromatic nitrogens is 3. The molecule has 0 bridgehead atoms. The molecule has 0 fully saturated rings. The number of aromatic amines is 3. The number of para-hydroxylation sites is 6. The minimum Gasteiger partial charge on any atom is -0.355 e. The van der Waals surface area contributed by atoms with E-state index >= 15 is 0 Å². The Hall–Kier alpha value is -3.94. The van der Waals surface area contributed by atoms with Crippen LogP contribution in [0.2, 0.25) is 0 Å². The van der Waals surface area contributed by atoms with Crippen LogP contribution in [0, 0.1) is 40.4 Å². The topological polar surface area (TPSA) is 47.4 Å². The Morgan fingerprint density at radius 2 is 0.375 bits per heavy atom. The molecule has 0 saturated carbocycles. The van der Waals surface area contributed by atoms with Crippen LogP contribution in [-0.2, 0) is 0 Å². The Kier molecular flexibility index (Phi) is 7.66. The predicted octanol–water partition coefficient (Wildman–Crippen LogP) is 9.96. The van der Waals surface area contributed by atoms with Crippen LogP contribution in [0.5, 0.6) is 0 Å². The van der Waals surface area contributed by atoms with Crippen LogP contribution in [0.15, 0.2) is 146 Å². The maximum atomic E-state index is 3.38. The molecule has 0 aliphatic rings. The first kappa shape index (κ1) is 26.3. The summed E-state index contributed by atoms with van der Waals surface area (Å²) in [6.45, 7) is 0. The first-order valence-corrected chi connectivity index (χ1v) is 13.2. The van der Waals surface area contributed by atoms with Gasteiger partial charge in [-0.3, -0.25) is 0 Å². The molecular formula is C36H27N3Sm. The number of rotatable bonds is 0. The van der Waals surface area contributed by atoms with Crippen LogP contribution < -0.4 is 0 Å². The number of fused-ring (bicyclic) bond motifs is 9. The van der Waals surface area contributed by atoms with Gasteiger partial charge >= 0.3 is 0 Å². The summed E-state index contributed by atoms with van der Waals surface area (Å²) >= 11 is 0. The average Bonchev–Trinajstić information content (AvgIpc) is 3.69. The molecule has 0 aliphatic carbocycles. The van der Waals surface area contributed by atoms with Crippen LogP contribution in [-0.4, -0.2) is 15.0 Å². The molecule has 9 aromatic rings. The van der Waals surface area contributed by atoms with Crippen LogP contribution in [0.4, 0.5) is 0 Å².